The van der Waals surface area contributed by atoms with Gasteiger partial charge in [-0.2, -0.15) is 0 Å². The number of anilines is 3. The van der Waals surface area contributed by atoms with Crippen LogP contribution < -0.4 is 4.90 Å². The Morgan fingerprint density at radius 1 is 0.338 bits per heavy atom. The Bertz CT molecular complexity index is 3720. The van der Waals surface area contributed by atoms with E-state index < -0.39 is 5.41 Å². The van der Waals surface area contributed by atoms with Gasteiger partial charge in [-0.15, -0.1) is 0 Å². The van der Waals surface area contributed by atoms with Gasteiger partial charge in [-0.3, -0.25) is 0 Å². The van der Waals surface area contributed by atoms with Gasteiger partial charge >= 0.3 is 0 Å². The fraction of sp³-hybridized carbons (Fsp3) is 0.0159. The molecule has 1 aliphatic carbocycles. The fourth-order valence-corrected chi connectivity index (χ4v) is 10.9. The third-order valence-electron chi connectivity index (χ3n) is 13.7. The smallest absolute Gasteiger partial charge is 0.136 e. The van der Waals surface area contributed by atoms with Crippen molar-refractivity contribution < 1.29 is 4.42 Å². The molecule has 11 aromatic carbocycles. The summed E-state index contributed by atoms with van der Waals surface area (Å²) in [6.07, 6.45) is 0. The van der Waals surface area contributed by atoms with E-state index in [1.165, 1.54) is 66.1 Å². The Morgan fingerprint density at radius 3 is 1.68 bits per heavy atom. The first-order chi connectivity index (χ1) is 32.2. The molecule has 2 heteroatoms. The second-order valence-electron chi connectivity index (χ2n) is 17.2. The highest BCUT2D eigenvalue weighted by atomic mass is 16.3. The molecular formula is C63H41NO. The van der Waals surface area contributed by atoms with Crippen LogP contribution in [0.25, 0.3) is 76.9 Å². The van der Waals surface area contributed by atoms with Crippen LogP contribution in [0.3, 0.4) is 0 Å². The van der Waals surface area contributed by atoms with Crippen molar-refractivity contribution in [2.24, 2.45) is 0 Å². The van der Waals surface area contributed by atoms with E-state index >= 15 is 0 Å². The largest absolute Gasteiger partial charge is 0.456 e. The lowest BCUT2D eigenvalue weighted by atomic mass is 9.68. The van der Waals surface area contributed by atoms with Gasteiger partial charge in [-0.1, -0.05) is 200 Å². The van der Waals surface area contributed by atoms with Crippen molar-refractivity contribution in [2.45, 2.75) is 5.41 Å². The number of nitrogens with zero attached hydrogens (tertiary/aromatic N) is 1. The highest BCUT2D eigenvalue weighted by Gasteiger charge is 2.46. The quantitative estimate of drug-likeness (QED) is 0.149. The van der Waals surface area contributed by atoms with Crippen LogP contribution >= 0.6 is 0 Å². The summed E-state index contributed by atoms with van der Waals surface area (Å²) in [4.78, 5) is 2.46. The molecule has 0 N–H and O–H groups in total. The van der Waals surface area contributed by atoms with Gasteiger partial charge in [0, 0.05) is 27.7 Å². The molecule has 0 saturated carbocycles. The Kier molecular flexibility index (Phi) is 8.47. The van der Waals surface area contributed by atoms with E-state index in [1.54, 1.807) is 0 Å². The SMILES string of the molecule is c1ccc(-c2ccc(N(c3ccc4c(c3)-c3ccccc3C4(c3ccccc3)c3ccccc3)c3ccc4oc5ccccc5c4c3-c3ccc4ccc5ccccc5c4c3)cc2)cc1. The highest BCUT2D eigenvalue weighted by Crippen LogP contribution is 2.58. The Balaban J connectivity index is 1.11. The maximum atomic E-state index is 6.67. The summed E-state index contributed by atoms with van der Waals surface area (Å²) in [5, 5.41) is 7.09. The van der Waals surface area contributed by atoms with Gasteiger partial charge in [0.2, 0.25) is 0 Å². The number of hydrogen-bond acceptors (Lipinski definition) is 2. The molecule has 0 aliphatic heterocycles. The first-order valence-corrected chi connectivity index (χ1v) is 22.4. The molecule has 2 nitrogen and oxygen atoms in total. The monoisotopic (exact) mass is 827 g/mol. The number of hydrogen-bond donors (Lipinski definition) is 0. The minimum absolute atomic E-state index is 0.497. The van der Waals surface area contributed by atoms with Crippen molar-refractivity contribution in [3.63, 3.8) is 0 Å². The van der Waals surface area contributed by atoms with Crippen LogP contribution in [0.2, 0.25) is 0 Å². The molecule has 65 heavy (non-hydrogen) atoms. The zero-order valence-electron chi connectivity index (χ0n) is 35.5. The third-order valence-corrected chi connectivity index (χ3v) is 13.7. The van der Waals surface area contributed by atoms with Crippen molar-refractivity contribution >= 4 is 60.5 Å². The van der Waals surface area contributed by atoms with Gasteiger partial charge in [0.05, 0.1) is 11.1 Å². The van der Waals surface area contributed by atoms with Crippen LogP contribution in [-0.4, -0.2) is 0 Å². The van der Waals surface area contributed by atoms with Gasteiger partial charge < -0.3 is 9.32 Å². The average Bonchev–Trinajstić information content (AvgIpc) is 3.91. The van der Waals surface area contributed by atoms with Crippen LogP contribution in [0, 0.1) is 0 Å². The summed E-state index contributed by atoms with van der Waals surface area (Å²) in [6, 6.07) is 90.9. The first kappa shape index (κ1) is 37.1. The van der Waals surface area contributed by atoms with Gasteiger partial charge in [0.1, 0.15) is 11.2 Å². The van der Waals surface area contributed by atoms with E-state index in [2.05, 4.69) is 254 Å². The van der Waals surface area contributed by atoms with Gasteiger partial charge in [-0.25, -0.2) is 0 Å². The zero-order chi connectivity index (χ0) is 42.9. The van der Waals surface area contributed by atoms with E-state index in [1.807, 2.05) is 0 Å². The number of fused-ring (bicyclic) bond motifs is 9. The number of para-hydroxylation sites is 1. The lowest BCUT2D eigenvalue weighted by Gasteiger charge is -2.34. The van der Waals surface area contributed by atoms with Crippen LogP contribution in [0.5, 0.6) is 0 Å². The first-order valence-electron chi connectivity index (χ1n) is 22.4. The molecule has 1 heterocycles. The van der Waals surface area contributed by atoms with E-state index in [-0.39, 0.29) is 0 Å². The maximum absolute atomic E-state index is 6.67. The third kappa shape index (κ3) is 5.74. The highest BCUT2D eigenvalue weighted by molar-refractivity contribution is 6.18. The molecular weight excluding hydrogens is 787 g/mol. The Labute approximate surface area is 377 Å². The molecule has 0 atom stereocenters. The number of benzene rings is 11. The van der Waals surface area contributed by atoms with Crippen molar-refractivity contribution in [2.75, 3.05) is 4.90 Å². The lowest BCUT2D eigenvalue weighted by molar-refractivity contribution is 0.669. The lowest BCUT2D eigenvalue weighted by Crippen LogP contribution is -2.28. The summed E-state index contributed by atoms with van der Waals surface area (Å²) >= 11 is 0. The second kappa shape index (κ2) is 14.8. The van der Waals surface area contributed by atoms with E-state index in [0.29, 0.717) is 0 Å². The van der Waals surface area contributed by atoms with Gasteiger partial charge in [-0.05, 0) is 120 Å². The summed E-state index contributed by atoms with van der Waals surface area (Å²) in [5.74, 6) is 0. The molecule has 0 unspecified atom stereocenters. The summed E-state index contributed by atoms with van der Waals surface area (Å²) in [6.45, 7) is 0. The Hall–Kier alpha value is -8.46. The van der Waals surface area contributed by atoms with Gasteiger partial charge in [0.15, 0.2) is 0 Å². The standard InChI is InChI=1S/C63H41NO/c1-4-16-42(17-5-1)43-32-34-49(35-33-43)64(50-36-37-57-55(41-50)52-24-12-14-26-56(52)63(57,47-19-6-2-7-20-47)48-21-8-3-9-22-48)58-38-39-60-62(53-25-13-15-27-59(53)65-60)61(58)46-31-30-45-29-28-44-18-10-11-23-51(44)54(45)40-46/h1-41H. The molecule has 304 valence electrons. The molecule has 1 aliphatic rings. The molecule has 0 amide bonds. The topological polar surface area (TPSA) is 16.4 Å². The van der Waals surface area contributed by atoms with Gasteiger partial charge in [0.25, 0.3) is 0 Å². The van der Waals surface area contributed by atoms with E-state index in [0.717, 1.165) is 50.1 Å². The summed E-state index contributed by atoms with van der Waals surface area (Å²) < 4.78 is 6.67. The zero-order valence-corrected chi connectivity index (χ0v) is 35.5. The molecule has 12 aromatic rings. The average molecular weight is 828 g/mol. The normalized spacial score (nSPS) is 12.7. The minimum atomic E-state index is -0.497. The van der Waals surface area contributed by atoms with Crippen molar-refractivity contribution in [3.8, 4) is 33.4 Å². The Morgan fingerprint density at radius 2 is 0.908 bits per heavy atom. The van der Waals surface area contributed by atoms with Crippen LogP contribution in [0.4, 0.5) is 17.1 Å². The molecule has 0 fully saturated rings. The molecule has 0 spiro atoms. The maximum Gasteiger partial charge on any atom is 0.136 e. The van der Waals surface area contributed by atoms with E-state index in [9.17, 15) is 0 Å². The van der Waals surface area contributed by atoms with Crippen LogP contribution in [0.15, 0.2) is 253 Å². The predicted octanol–water partition coefficient (Wildman–Crippen LogP) is 17.1. The van der Waals surface area contributed by atoms with Crippen molar-refractivity contribution in [1.82, 2.24) is 0 Å². The molecule has 1 aromatic heterocycles. The van der Waals surface area contributed by atoms with Crippen LogP contribution in [-0.2, 0) is 5.41 Å². The number of furan rings is 1. The molecule has 13 rings (SSSR count). The second-order valence-corrected chi connectivity index (χ2v) is 17.2. The molecule has 0 saturated heterocycles. The van der Waals surface area contributed by atoms with E-state index in [4.69, 9.17) is 4.42 Å². The summed E-state index contributed by atoms with van der Waals surface area (Å²) in [7, 11) is 0. The summed E-state index contributed by atoms with van der Waals surface area (Å²) in [5.41, 5.74) is 16.6. The minimum Gasteiger partial charge on any atom is -0.456 e. The van der Waals surface area contributed by atoms with Crippen LogP contribution in [0.1, 0.15) is 22.3 Å². The van der Waals surface area contributed by atoms with Crippen molar-refractivity contribution in [1.29, 1.82) is 0 Å². The fourth-order valence-electron chi connectivity index (χ4n) is 10.9. The molecule has 0 bridgehead atoms. The molecule has 0 radical (unpaired) electrons. The van der Waals surface area contributed by atoms with Crippen molar-refractivity contribution in [3.05, 3.63) is 271 Å². The number of rotatable bonds is 7. The predicted molar refractivity (Wildman–Crippen MR) is 272 cm³/mol.